The third kappa shape index (κ3) is 4.80. The molecule has 5 heteroatoms. The topological polar surface area (TPSA) is 78.4 Å². The molecule has 1 aliphatic carbocycles. The maximum Gasteiger partial charge on any atom is 0.327 e. The molecule has 0 spiro atoms. The lowest BCUT2D eigenvalue weighted by molar-refractivity contribution is -0.141. The molecule has 1 atom stereocenters. The number of carbonyl (C=O) groups excluding carboxylic acids is 1. The van der Waals surface area contributed by atoms with Crippen molar-refractivity contribution in [3.63, 3.8) is 0 Å². The van der Waals surface area contributed by atoms with Crippen molar-refractivity contribution in [3.05, 3.63) is 0 Å². The highest BCUT2D eigenvalue weighted by Crippen LogP contribution is 2.27. The molecule has 0 saturated heterocycles. The Labute approximate surface area is 94.6 Å². The van der Waals surface area contributed by atoms with Crippen LogP contribution in [0.25, 0.3) is 0 Å². The number of rotatable bonds is 7. The number of nitrogens with one attached hydrogen (secondary N) is 2. The minimum atomic E-state index is -1.10. The zero-order chi connectivity index (χ0) is 12.0. The Morgan fingerprint density at radius 3 is 2.69 bits per heavy atom. The summed E-state index contributed by atoms with van der Waals surface area (Å²) in [6.07, 6.45) is 7.44. The van der Waals surface area contributed by atoms with Crippen molar-refractivity contribution in [2.24, 2.45) is 5.92 Å². The zero-order valence-electron chi connectivity index (χ0n) is 9.03. The van der Waals surface area contributed by atoms with Crippen LogP contribution in [0.4, 0.5) is 0 Å². The van der Waals surface area contributed by atoms with Crippen molar-refractivity contribution in [3.8, 4) is 12.3 Å². The fraction of sp³-hybridized carbons (Fsp3) is 0.636. The van der Waals surface area contributed by atoms with Gasteiger partial charge >= 0.3 is 5.97 Å². The second-order valence-corrected chi connectivity index (χ2v) is 3.94. The summed E-state index contributed by atoms with van der Waals surface area (Å²) in [5, 5.41) is 14.1. The molecule has 0 aromatic carbocycles. The fourth-order valence-electron chi connectivity index (χ4n) is 1.28. The van der Waals surface area contributed by atoms with E-state index in [0.717, 1.165) is 6.54 Å². The second-order valence-electron chi connectivity index (χ2n) is 3.94. The van der Waals surface area contributed by atoms with E-state index in [4.69, 9.17) is 11.5 Å². The maximum absolute atomic E-state index is 11.3. The van der Waals surface area contributed by atoms with E-state index in [9.17, 15) is 9.59 Å². The van der Waals surface area contributed by atoms with E-state index in [1.54, 1.807) is 0 Å². The van der Waals surface area contributed by atoms with Crippen LogP contribution < -0.4 is 10.6 Å². The van der Waals surface area contributed by atoms with E-state index >= 15 is 0 Å². The van der Waals surface area contributed by atoms with E-state index in [1.807, 2.05) is 0 Å². The van der Waals surface area contributed by atoms with Gasteiger partial charge in [0.1, 0.15) is 6.04 Å². The average Bonchev–Trinajstić information content (AvgIpc) is 3.01. The predicted octanol–water partition coefficient (Wildman–Crippen LogP) is -0.421. The lowest BCUT2D eigenvalue weighted by Gasteiger charge is -2.11. The van der Waals surface area contributed by atoms with Gasteiger partial charge in [0.05, 0.1) is 6.54 Å². The fourth-order valence-corrected chi connectivity index (χ4v) is 1.28. The summed E-state index contributed by atoms with van der Waals surface area (Å²) in [6.45, 7) is 0.963. The Morgan fingerprint density at radius 2 is 2.19 bits per heavy atom. The van der Waals surface area contributed by atoms with Gasteiger partial charge in [-0.15, -0.1) is 12.3 Å². The summed E-state index contributed by atoms with van der Waals surface area (Å²) in [5.41, 5.74) is 0. The molecule has 1 rings (SSSR count). The Bertz CT molecular complexity index is 305. The predicted molar refractivity (Wildman–Crippen MR) is 58.6 cm³/mol. The van der Waals surface area contributed by atoms with Gasteiger partial charge in [-0.25, -0.2) is 4.79 Å². The van der Waals surface area contributed by atoms with Crippen LogP contribution in [0.3, 0.4) is 0 Å². The molecule has 1 fully saturated rings. The molecule has 3 N–H and O–H groups in total. The molecule has 0 radical (unpaired) electrons. The summed E-state index contributed by atoms with van der Waals surface area (Å²) < 4.78 is 0. The third-order valence-electron chi connectivity index (χ3n) is 2.37. The Morgan fingerprint density at radius 1 is 1.50 bits per heavy atom. The normalized spacial score (nSPS) is 16.2. The van der Waals surface area contributed by atoms with E-state index < -0.39 is 12.0 Å². The van der Waals surface area contributed by atoms with Gasteiger partial charge in [0.15, 0.2) is 0 Å². The summed E-state index contributed by atoms with van der Waals surface area (Å²) in [6, 6.07) is -0.986. The first-order valence-corrected chi connectivity index (χ1v) is 5.30. The first-order valence-electron chi connectivity index (χ1n) is 5.30. The Kier molecular flexibility index (Phi) is 4.80. The van der Waals surface area contributed by atoms with Crippen LogP contribution in [-0.2, 0) is 9.59 Å². The molecule has 0 bridgehead atoms. The van der Waals surface area contributed by atoms with E-state index in [-0.39, 0.29) is 18.9 Å². The molecular weight excluding hydrogens is 208 g/mol. The molecule has 0 heterocycles. The van der Waals surface area contributed by atoms with Crippen LogP contribution >= 0.6 is 0 Å². The molecule has 1 saturated carbocycles. The van der Waals surface area contributed by atoms with Gasteiger partial charge in [-0.2, -0.15) is 0 Å². The average molecular weight is 224 g/mol. The maximum atomic E-state index is 11.3. The molecule has 1 unspecified atom stereocenters. The monoisotopic (exact) mass is 224 g/mol. The lowest BCUT2D eigenvalue weighted by atomic mass is 10.2. The van der Waals surface area contributed by atoms with Crippen molar-refractivity contribution in [1.29, 1.82) is 0 Å². The molecule has 16 heavy (non-hydrogen) atoms. The number of hydrogen-bond donors (Lipinski definition) is 3. The summed E-state index contributed by atoms with van der Waals surface area (Å²) >= 11 is 0. The van der Waals surface area contributed by atoms with Crippen molar-refractivity contribution < 1.29 is 14.7 Å². The molecule has 1 amide bonds. The third-order valence-corrected chi connectivity index (χ3v) is 2.37. The molecule has 0 aromatic heterocycles. The van der Waals surface area contributed by atoms with Crippen LogP contribution in [0.2, 0.25) is 0 Å². The van der Waals surface area contributed by atoms with Crippen molar-refractivity contribution in [2.75, 3.05) is 13.1 Å². The van der Waals surface area contributed by atoms with Gasteiger partial charge in [-0.3, -0.25) is 4.79 Å². The van der Waals surface area contributed by atoms with E-state index in [0.29, 0.717) is 5.92 Å². The highest BCUT2D eigenvalue weighted by atomic mass is 16.4. The smallest absolute Gasteiger partial charge is 0.327 e. The van der Waals surface area contributed by atoms with Crippen LogP contribution in [0.15, 0.2) is 0 Å². The first kappa shape index (κ1) is 12.5. The van der Waals surface area contributed by atoms with Crippen LogP contribution in [0.1, 0.15) is 19.3 Å². The van der Waals surface area contributed by atoms with Gasteiger partial charge in [-0.05, 0) is 25.3 Å². The highest BCUT2D eigenvalue weighted by Gasteiger charge is 2.22. The second kappa shape index (κ2) is 6.13. The summed E-state index contributed by atoms with van der Waals surface area (Å²) in [7, 11) is 0. The SMILES string of the molecule is C#CCC(NC(=O)CNCC1CC1)C(=O)O. The number of carboxylic acids is 1. The van der Waals surface area contributed by atoms with E-state index in [2.05, 4.69) is 16.6 Å². The van der Waals surface area contributed by atoms with Crippen LogP contribution in [0.5, 0.6) is 0 Å². The van der Waals surface area contributed by atoms with E-state index in [1.165, 1.54) is 12.8 Å². The van der Waals surface area contributed by atoms with Crippen molar-refractivity contribution >= 4 is 11.9 Å². The summed E-state index contributed by atoms with van der Waals surface area (Å²) in [4.78, 5) is 22.0. The highest BCUT2D eigenvalue weighted by molar-refractivity contribution is 5.84. The van der Waals surface area contributed by atoms with Gasteiger partial charge < -0.3 is 15.7 Å². The number of hydrogen-bond acceptors (Lipinski definition) is 3. The Balaban J connectivity index is 2.18. The number of terminal acetylenes is 1. The molecule has 0 aliphatic heterocycles. The van der Waals surface area contributed by atoms with Gasteiger partial charge in [0, 0.05) is 6.42 Å². The Hall–Kier alpha value is -1.54. The minimum Gasteiger partial charge on any atom is -0.480 e. The summed E-state index contributed by atoms with van der Waals surface area (Å²) in [5.74, 6) is 1.48. The van der Waals surface area contributed by atoms with Gasteiger partial charge in [0.2, 0.25) is 5.91 Å². The molecule has 1 aliphatic rings. The van der Waals surface area contributed by atoms with Crippen LogP contribution in [0, 0.1) is 18.3 Å². The quantitative estimate of drug-likeness (QED) is 0.513. The number of carboxylic acid groups (broad SMARTS) is 1. The number of carbonyl (C=O) groups is 2. The first-order chi connectivity index (χ1) is 7.63. The zero-order valence-corrected chi connectivity index (χ0v) is 9.03. The number of aliphatic carboxylic acids is 1. The van der Waals surface area contributed by atoms with Crippen molar-refractivity contribution in [1.82, 2.24) is 10.6 Å². The van der Waals surface area contributed by atoms with Crippen LogP contribution in [-0.4, -0.2) is 36.1 Å². The lowest BCUT2D eigenvalue weighted by Crippen LogP contribution is -2.44. The van der Waals surface area contributed by atoms with Gasteiger partial charge in [-0.1, -0.05) is 0 Å². The molecule has 5 nitrogen and oxygen atoms in total. The molecular formula is C11H16N2O3. The standard InChI is InChI=1S/C11H16N2O3/c1-2-3-9(11(15)16)13-10(14)7-12-6-8-4-5-8/h1,8-9,12H,3-7H2,(H,13,14)(H,15,16). The van der Waals surface area contributed by atoms with Gasteiger partial charge in [0.25, 0.3) is 0 Å². The molecule has 0 aromatic rings. The number of amides is 1. The largest absolute Gasteiger partial charge is 0.480 e. The minimum absolute atomic E-state index is 0.00367. The van der Waals surface area contributed by atoms with Crippen molar-refractivity contribution in [2.45, 2.75) is 25.3 Å². The molecule has 88 valence electrons.